The average Bonchev–Trinajstić information content (AvgIpc) is 2.50. The van der Waals surface area contributed by atoms with E-state index >= 15 is 0 Å². The quantitative estimate of drug-likeness (QED) is 0.695. The van der Waals surface area contributed by atoms with Gasteiger partial charge in [0.25, 0.3) is 0 Å². The Hall–Kier alpha value is 0.270. The van der Waals surface area contributed by atoms with Gasteiger partial charge in [-0.15, -0.1) is 0 Å². The van der Waals surface area contributed by atoms with Gasteiger partial charge in [-0.2, -0.15) is 11.8 Å². The summed E-state index contributed by atoms with van der Waals surface area (Å²) in [6, 6.07) is 0. The van der Waals surface area contributed by atoms with E-state index in [0.29, 0.717) is 5.41 Å². The fourth-order valence-electron chi connectivity index (χ4n) is 1.43. The van der Waals surface area contributed by atoms with Crippen molar-refractivity contribution >= 4 is 11.8 Å². The van der Waals surface area contributed by atoms with Crippen LogP contribution in [0.15, 0.2) is 0 Å². The second kappa shape index (κ2) is 4.33. The zero-order valence-electron chi connectivity index (χ0n) is 7.14. The largest absolute Gasteiger partial charge is 0.381 e. The van der Waals surface area contributed by atoms with Gasteiger partial charge in [-0.05, 0) is 24.9 Å². The second-order valence-corrected chi connectivity index (χ2v) is 4.24. The summed E-state index contributed by atoms with van der Waals surface area (Å²) in [5.74, 6) is 1.21. The third kappa shape index (κ3) is 2.36. The Labute approximate surface area is 72.9 Å². The van der Waals surface area contributed by atoms with Crippen LogP contribution < -0.4 is 5.73 Å². The Bertz CT molecular complexity index is 113. The maximum absolute atomic E-state index is 5.72. The van der Waals surface area contributed by atoms with Gasteiger partial charge in [0.05, 0.1) is 6.61 Å². The van der Waals surface area contributed by atoms with Crippen LogP contribution in [0, 0.1) is 5.41 Å². The lowest BCUT2D eigenvalue weighted by Crippen LogP contribution is -2.31. The van der Waals surface area contributed by atoms with Crippen molar-refractivity contribution in [2.75, 3.05) is 31.8 Å². The van der Waals surface area contributed by atoms with Crippen molar-refractivity contribution in [3.05, 3.63) is 0 Å². The van der Waals surface area contributed by atoms with E-state index in [1.54, 1.807) is 0 Å². The minimum absolute atomic E-state index is 0.322. The molecule has 2 nitrogen and oxygen atoms in total. The summed E-state index contributed by atoms with van der Waals surface area (Å²) in [5, 5.41) is 0. The highest BCUT2D eigenvalue weighted by Crippen LogP contribution is 2.31. The standard InChI is InChI=1S/C8H17NOS/c1-11-5-3-8(6-9)2-4-10-7-8/h2-7,9H2,1H3. The first kappa shape index (κ1) is 9.36. The van der Waals surface area contributed by atoms with Crippen LogP contribution in [0.25, 0.3) is 0 Å². The molecule has 0 radical (unpaired) electrons. The molecule has 0 amide bonds. The van der Waals surface area contributed by atoms with Crippen molar-refractivity contribution in [2.24, 2.45) is 11.1 Å². The van der Waals surface area contributed by atoms with Gasteiger partial charge in [0.15, 0.2) is 0 Å². The molecule has 66 valence electrons. The smallest absolute Gasteiger partial charge is 0.0535 e. The highest BCUT2D eigenvalue weighted by molar-refractivity contribution is 7.98. The van der Waals surface area contributed by atoms with Crippen LogP contribution in [0.4, 0.5) is 0 Å². The van der Waals surface area contributed by atoms with Gasteiger partial charge in [0.1, 0.15) is 0 Å². The summed E-state index contributed by atoms with van der Waals surface area (Å²) in [6.45, 7) is 2.57. The van der Waals surface area contributed by atoms with Crippen molar-refractivity contribution in [3.63, 3.8) is 0 Å². The molecule has 1 unspecified atom stereocenters. The summed E-state index contributed by atoms with van der Waals surface area (Å²) < 4.78 is 5.36. The Balaban J connectivity index is 2.33. The summed E-state index contributed by atoms with van der Waals surface area (Å²) in [4.78, 5) is 0. The van der Waals surface area contributed by atoms with Crippen LogP contribution in [0.3, 0.4) is 0 Å². The van der Waals surface area contributed by atoms with E-state index in [1.165, 1.54) is 12.2 Å². The lowest BCUT2D eigenvalue weighted by Gasteiger charge is -2.24. The molecule has 0 bridgehead atoms. The van der Waals surface area contributed by atoms with Gasteiger partial charge < -0.3 is 10.5 Å². The minimum atomic E-state index is 0.322. The molecule has 1 rings (SSSR count). The summed E-state index contributed by atoms with van der Waals surface area (Å²) in [7, 11) is 0. The van der Waals surface area contributed by atoms with Gasteiger partial charge in [-0.25, -0.2) is 0 Å². The molecule has 0 aromatic heterocycles. The highest BCUT2D eigenvalue weighted by Gasteiger charge is 2.32. The Morgan fingerprint density at radius 1 is 1.64 bits per heavy atom. The fourth-order valence-corrected chi connectivity index (χ4v) is 2.07. The fraction of sp³-hybridized carbons (Fsp3) is 1.00. The van der Waals surface area contributed by atoms with Gasteiger partial charge in [-0.3, -0.25) is 0 Å². The summed E-state index contributed by atoms with van der Waals surface area (Å²) in [5.41, 5.74) is 6.04. The zero-order valence-corrected chi connectivity index (χ0v) is 7.95. The third-order valence-electron chi connectivity index (χ3n) is 2.45. The van der Waals surface area contributed by atoms with E-state index < -0.39 is 0 Å². The number of rotatable bonds is 4. The predicted octanol–water partition coefficient (Wildman–Crippen LogP) is 1.10. The normalized spacial score (nSPS) is 31.1. The number of thioether (sulfide) groups is 1. The zero-order chi connectivity index (χ0) is 8.16. The number of hydrogen-bond acceptors (Lipinski definition) is 3. The molecule has 1 atom stereocenters. The lowest BCUT2D eigenvalue weighted by atomic mass is 9.85. The van der Waals surface area contributed by atoms with Crippen LogP contribution in [-0.4, -0.2) is 31.8 Å². The molecule has 1 saturated heterocycles. The predicted molar refractivity (Wildman–Crippen MR) is 49.9 cm³/mol. The van der Waals surface area contributed by atoms with Crippen molar-refractivity contribution < 1.29 is 4.74 Å². The van der Waals surface area contributed by atoms with Crippen LogP contribution in [0.5, 0.6) is 0 Å². The Morgan fingerprint density at radius 2 is 2.45 bits per heavy atom. The Kier molecular flexibility index (Phi) is 3.69. The van der Waals surface area contributed by atoms with E-state index in [0.717, 1.165) is 26.2 Å². The molecule has 0 spiro atoms. The number of ether oxygens (including phenoxy) is 1. The first-order valence-electron chi connectivity index (χ1n) is 4.10. The van der Waals surface area contributed by atoms with Crippen molar-refractivity contribution in [3.8, 4) is 0 Å². The molecule has 1 fully saturated rings. The van der Waals surface area contributed by atoms with Crippen LogP contribution >= 0.6 is 11.8 Å². The number of nitrogens with two attached hydrogens (primary N) is 1. The van der Waals surface area contributed by atoms with E-state index in [1.807, 2.05) is 11.8 Å². The summed E-state index contributed by atoms with van der Waals surface area (Å²) in [6.07, 6.45) is 4.51. The first-order valence-corrected chi connectivity index (χ1v) is 5.49. The monoisotopic (exact) mass is 175 g/mol. The second-order valence-electron chi connectivity index (χ2n) is 3.25. The lowest BCUT2D eigenvalue weighted by molar-refractivity contribution is 0.153. The molecule has 0 aromatic carbocycles. The maximum atomic E-state index is 5.72. The van der Waals surface area contributed by atoms with Gasteiger partial charge in [-0.1, -0.05) is 0 Å². The van der Waals surface area contributed by atoms with E-state index in [9.17, 15) is 0 Å². The molecule has 1 heterocycles. The number of hydrogen-bond donors (Lipinski definition) is 1. The van der Waals surface area contributed by atoms with Gasteiger partial charge >= 0.3 is 0 Å². The first-order chi connectivity index (χ1) is 5.33. The molecule has 3 heteroatoms. The highest BCUT2D eigenvalue weighted by atomic mass is 32.2. The van der Waals surface area contributed by atoms with Crippen LogP contribution in [-0.2, 0) is 4.74 Å². The van der Waals surface area contributed by atoms with E-state index in [-0.39, 0.29) is 0 Å². The van der Waals surface area contributed by atoms with Crippen molar-refractivity contribution in [1.29, 1.82) is 0 Å². The van der Waals surface area contributed by atoms with E-state index in [4.69, 9.17) is 10.5 Å². The topological polar surface area (TPSA) is 35.2 Å². The average molecular weight is 175 g/mol. The molecule has 0 aliphatic carbocycles. The molecule has 0 saturated carbocycles. The Morgan fingerprint density at radius 3 is 2.91 bits per heavy atom. The van der Waals surface area contributed by atoms with Crippen LogP contribution in [0.1, 0.15) is 12.8 Å². The molecular formula is C8H17NOS. The third-order valence-corrected chi connectivity index (χ3v) is 3.07. The minimum Gasteiger partial charge on any atom is -0.381 e. The molecule has 0 aromatic rings. The van der Waals surface area contributed by atoms with Crippen LogP contribution in [0.2, 0.25) is 0 Å². The SMILES string of the molecule is CSCCC1(CN)CCOC1. The van der Waals surface area contributed by atoms with E-state index in [2.05, 4.69) is 6.26 Å². The molecule has 2 N–H and O–H groups in total. The maximum Gasteiger partial charge on any atom is 0.0535 e. The van der Waals surface area contributed by atoms with Crippen molar-refractivity contribution in [1.82, 2.24) is 0 Å². The molecule has 11 heavy (non-hydrogen) atoms. The van der Waals surface area contributed by atoms with Crippen molar-refractivity contribution in [2.45, 2.75) is 12.8 Å². The summed E-state index contributed by atoms with van der Waals surface area (Å²) >= 11 is 1.89. The van der Waals surface area contributed by atoms with Gasteiger partial charge in [0.2, 0.25) is 0 Å². The van der Waals surface area contributed by atoms with Gasteiger partial charge in [0, 0.05) is 18.6 Å². The molecular weight excluding hydrogens is 158 g/mol. The molecule has 1 aliphatic rings. The molecule has 1 aliphatic heterocycles.